The van der Waals surface area contributed by atoms with Gasteiger partial charge >= 0.3 is 0 Å². The Labute approximate surface area is 104 Å². The maximum atomic E-state index is 12.0. The van der Waals surface area contributed by atoms with E-state index in [1.54, 1.807) is 0 Å². The van der Waals surface area contributed by atoms with Gasteiger partial charge in [0.25, 0.3) is 0 Å². The summed E-state index contributed by atoms with van der Waals surface area (Å²) < 4.78 is 0. The smallest absolute Gasteiger partial charge is 0.238 e. The van der Waals surface area contributed by atoms with Crippen LogP contribution in [0.1, 0.15) is 33.1 Å². The molecule has 1 amide bonds. The lowest BCUT2D eigenvalue weighted by Gasteiger charge is -2.28. The van der Waals surface area contributed by atoms with Gasteiger partial charge in [0.1, 0.15) is 0 Å². The molecule has 2 rings (SSSR count). The Bertz CT molecular complexity index is 261. The lowest BCUT2D eigenvalue weighted by atomic mass is 9.98. The summed E-state index contributed by atoms with van der Waals surface area (Å²) in [6.45, 7) is 6.89. The van der Waals surface area contributed by atoms with E-state index in [1.807, 2.05) is 0 Å². The highest BCUT2D eigenvalue weighted by atomic mass is 16.2. The molecule has 1 aliphatic carbocycles. The number of piperazine rings is 1. The van der Waals surface area contributed by atoms with Crippen LogP contribution < -0.4 is 16.0 Å². The molecule has 0 aromatic carbocycles. The van der Waals surface area contributed by atoms with E-state index in [0.717, 1.165) is 25.6 Å². The number of hydrogen-bond acceptors (Lipinski definition) is 3. The molecule has 98 valence electrons. The molecule has 3 N–H and O–H groups in total. The summed E-state index contributed by atoms with van der Waals surface area (Å²) in [6.07, 6.45) is 3.92. The van der Waals surface area contributed by atoms with E-state index in [1.165, 1.54) is 19.3 Å². The Morgan fingerprint density at radius 2 is 2.06 bits per heavy atom. The summed E-state index contributed by atoms with van der Waals surface area (Å²) >= 11 is 0. The number of nitrogens with one attached hydrogen (secondary N) is 3. The van der Waals surface area contributed by atoms with Gasteiger partial charge in [-0.25, -0.2) is 0 Å². The molecule has 2 fully saturated rings. The zero-order chi connectivity index (χ0) is 12.3. The van der Waals surface area contributed by atoms with Crippen LogP contribution in [-0.2, 0) is 4.79 Å². The molecule has 17 heavy (non-hydrogen) atoms. The molecule has 4 unspecified atom stereocenters. The van der Waals surface area contributed by atoms with Crippen molar-refractivity contribution in [2.45, 2.75) is 45.2 Å². The van der Waals surface area contributed by atoms with Crippen molar-refractivity contribution in [3.05, 3.63) is 0 Å². The third-order valence-electron chi connectivity index (χ3n) is 4.23. The molecule has 1 heterocycles. The van der Waals surface area contributed by atoms with Crippen molar-refractivity contribution < 1.29 is 4.79 Å². The topological polar surface area (TPSA) is 53.2 Å². The summed E-state index contributed by atoms with van der Waals surface area (Å²) in [4.78, 5) is 12.0. The van der Waals surface area contributed by atoms with Crippen molar-refractivity contribution in [1.82, 2.24) is 16.0 Å². The normalized spacial score (nSPS) is 38.0. The second-order valence-electron chi connectivity index (χ2n) is 5.68. The van der Waals surface area contributed by atoms with E-state index in [-0.39, 0.29) is 11.9 Å². The van der Waals surface area contributed by atoms with Gasteiger partial charge in [0.15, 0.2) is 0 Å². The zero-order valence-corrected chi connectivity index (χ0v) is 11.0. The minimum Gasteiger partial charge on any atom is -0.354 e. The molecule has 2 aliphatic rings. The van der Waals surface area contributed by atoms with Crippen LogP contribution in [-0.4, -0.2) is 37.6 Å². The van der Waals surface area contributed by atoms with Crippen molar-refractivity contribution in [3.63, 3.8) is 0 Å². The Hall–Kier alpha value is -0.610. The minimum atomic E-state index is -0.0529. The maximum Gasteiger partial charge on any atom is 0.238 e. The van der Waals surface area contributed by atoms with Crippen molar-refractivity contribution in [3.8, 4) is 0 Å². The van der Waals surface area contributed by atoms with Crippen molar-refractivity contribution in [1.29, 1.82) is 0 Å². The maximum absolute atomic E-state index is 12.0. The van der Waals surface area contributed by atoms with E-state index in [2.05, 4.69) is 29.8 Å². The van der Waals surface area contributed by atoms with Gasteiger partial charge in [-0.3, -0.25) is 4.79 Å². The number of rotatable bonds is 3. The predicted molar refractivity (Wildman–Crippen MR) is 68.8 cm³/mol. The van der Waals surface area contributed by atoms with Crippen LogP contribution in [0.2, 0.25) is 0 Å². The van der Waals surface area contributed by atoms with Gasteiger partial charge in [-0.05, 0) is 25.2 Å². The van der Waals surface area contributed by atoms with E-state index < -0.39 is 0 Å². The molecule has 1 saturated heterocycles. The predicted octanol–water partition coefficient (Wildman–Crippen LogP) is 0.489. The highest BCUT2D eigenvalue weighted by Gasteiger charge is 2.26. The largest absolute Gasteiger partial charge is 0.354 e. The molecule has 0 spiro atoms. The Morgan fingerprint density at radius 1 is 1.24 bits per heavy atom. The van der Waals surface area contributed by atoms with Crippen LogP contribution in [0.15, 0.2) is 0 Å². The fraction of sp³-hybridized carbons (Fsp3) is 0.923. The monoisotopic (exact) mass is 239 g/mol. The Morgan fingerprint density at radius 3 is 2.65 bits per heavy atom. The Balaban J connectivity index is 1.70. The first kappa shape index (κ1) is 12.8. The molecule has 0 bridgehead atoms. The number of carbonyl (C=O) groups excluding carboxylic acids is 1. The second-order valence-corrected chi connectivity index (χ2v) is 5.68. The fourth-order valence-electron chi connectivity index (χ4n) is 2.85. The minimum absolute atomic E-state index is 0.0529. The molecule has 0 aromatic rings. The first-order valence-electron chi connectivity index (χ1n) is 6.91. The van der Waals surface area contributed by atoms with E-state index in [0.29, 0.717) is 12.0 Å². The van der Waals surface area contributed by atoms with Crippen LogP contribution in [0.3, 0.4) is 0 Å². The molecule has 4 heteroatoms. The number of carbonyl (C=O) groups is 1. The molecule has 1 saturated carbocycles. The van der Waals surface area contributed by atoms with Gasteiger partial charge in [0.2, 0.25) is 5.91 Å². The summed E-state index contributed by atoms with van der Waals surface area (Å²) in [7, 11) is 0. The van der Waals surface area contributed by atoms with Crippen LogP contribution in [0.5, 0.6) is 0 Å². The lowest BCUT2D eigenvalue weighted by Crippen LogP contribution is -2.59. The summed E-state index contributed by atoms with van der Waals surface area (Å²) in [6, 6.07) is 0.414. The molecule has 4 atom stereocenters. The molecule has 0 aromatic heterocycles. The van der Waals surface area contributed by atoms with Gasteiger partial charge in [0, 0.05) is 25.7 Å². The summed E-state index contributed by atoms with van der Waals surface area (Å²) in [5.74, 6) is 1.62. The number of amides is 1. The molecule has 1 aliphatic heterocycles. The molecular formula is C13H25N3O. The van der Waals surface area contributed by atoms with Crippen molar-refractivity contribution >= 4 is 5.91 Å². The van der Waals surface area contributed by atoms with Crippen LogP contribution in [0, 0.1) is 11.8 Å². The van der Waals surface area contributed by atoms with Crippen LogP contribution >= 0.6 is 0 Å². The molecule has 4 nitrogen and oxygen atoms in total. The van der Waals surface area contributed by atoms with Crippen LogP contribution in [0.4, 0.5) is 0 Å². The molecule has 0 radical (unpaired) electrons. The third kappa shape index (κ3) is 3.42. The average molecular weight is 239 g/mol. The van der Waals surface area contributed by atoms with Gasteiger partial charge in [0.05, 0.1) is 6.04 Å². The second kappa shape index (κ2) is 5.83. The van der Waals surface area contributed by atoms with E-state index >= 15 is 0 Å². The first-order chi connectivity index (χ1) is 8.16. The van der Waals surface area contributed by atoms with Crippen molar-refractivity contribution in [2.75, 3.05) is 19.6 Å². The molecular weight excluding hydrogens is 214 g/mol. The van der Waals surface area contributed by atoms with Gasteiger partial charge in [-0.2, -0.15) is 0 Å². The average Bonchev–Trinajstić information content (AvgIpc) is 2.73. The van der Waals surface area contributed by atoms with Gasteiger partial charge in [-0.15, -0.1) is 0 Å². The Kier molecular flexibility index (Phi) is 4.40. The number of hydrogen-bond donors (Lipinski definition) is 3. The lowest BCUT2D eigenvalue weighted by molar-refractivity contribution is -0.123. The highest BCUT2D eigenvalue weighted by Crippen LogP contribution is 2.30. The zero-order valence-electron chi connectivity index (χ0n) is 11.0. The van der Waals surface area contributed by atoms with Gasteiger partial charge < -0.3 is 16.0 Å². The van der Waals surface area contributed by atoms with Gasteiger partial charge in [-0.1, -0.05) is 19.8 Å². The summed E-state index contributed by atoms with van der Waals surface area (Å²) in [5.41, 5.74) is 0. The highest BCUT2D eigenvalue weighted by molar-refractivity contribution is 5.82. The third-order valence-corrected chi connectivity index (χ3v) is 4.23. The standard InChI is InChI=1S/C13H25N3O/c1-9-4-3-5-11(9)7-16-13(17)12-8-14-10(2)6-15-12/h9-12,14-15H,3-8H2,1-2H3,(H,16,17). The van der Waals surface area contributed by atoms with Crippen LogP contribution in [0.25, 0.3) is 0 Å². The quantitative estimate of drug-likeness (QED) is 0.672. The summed E-state index contributed by atoms with van der Waals surface area (Å²) in [5, 5.41) is 9.71. The fourth-order valence-corrected chi connectivity index (χ4v) is 2.85. The van der Waals surface area contributed by atoms with E-state index in [4.69, 9.17) is 0 Å². The SMILES string of the molecule is CC1CNC(C(=O)NCC2CCCC2C)CN1. The first-order valence-corrected chi connectivity index (χ1v) is 6.91. The van der Waals surface area contributed by atoms with E-state index in [9.17, 15) is 4.79 Å². The van der Waals surface area contributed by atoms with Crippen molar-refractivity contribution in [2.24, 2.45) is 11.8 Å².